The van der Waals surface area contributed by atoms with E-state index < -0.39 is 6.03 Å². The molecule has 0 aromatic carbocycles. The largest absolute Gasteiger partial charge is 0.351 e. The lowest BCUT2D eigenvalue weighted by atomic mass is 10.3. The number of hydrogen-bond donors (Lipinski definition) is 2. The summed E-state index contributed by atoms with van der Waals surface area (Å²) in [5, 5.41) is 2.33. The van der Waals surface area contributed by atoms with Gasteiger partial charge in [-0.05, 0) is 20.8 Å². The fourth-order valence-corrected chi connectivity index (χ4v) is 1.04. The molecule has 0 aliphatic heterocycles. The van der Waals surface area contributed by atoms with E-state index in [2.05, 4.69) is 5.32 Å². The van der Waals surface area contributed by atoms with Crippen molar-refractivity contribution in [3.05, 3.63) is 11.8 Å². The number of primary amides is 1. The Morgan fingerprint density at radius 2 is 1.86 bits per heavy atom. The molecule has 5 heteroatoms. The molecule has 0 saturated heterocycles. The van der Waals surface area contributed by atoms with Gasteiger partial charge in [0, 0.05) is 24.9 Å². The van der Waals surface area contributed by atoms with Gasteiger partial charge in [-0.3, -0.25) is 4.79 Å². The smallest absolute Gasteiger partial charge is 0.316 e. The number of urea groups is 1. The van der Waals surface area contributed by atoms with Crippen LogP contribution in [-0.4, -0.2) is 29.9 Å². The molecule has 0 aromatic heterocycles. The van der Waals surface area contributed by atoms with Crippen molar-refractivity contribution in [1.82, 2.24) is 10.2 Å². The number of amides is 3. The van der Waals surface area contributed by atoms with Gasteiger partial charge in [0.1, 0.15) is 0 Å². The van der Waals surface area contributed by atoms with Gasteiger partial charge < -0.3 is 16.0 Å². The van der Waals surface area contributed by atoms with Gasteiger partial charge in [-0.1, -0.05) is 0 Å². The van der Waals surface area contributed by atoms with Crippen molar-refractivity contribution in [2.45, 2.75) is 20.8 Å². The highest BCUT2D eigenvalue weighted by Crippen LogP contribution is 1.94. The van der Waals surface area contributed by atoms with Crippen LogP contribution in [0.3, 0.4) is 0 Å². The molecule has 0 atom stereocenters. The molecular weight excluding hydrogens is 182 g/mol. The number of nitrogens with two attached hydrogens (primary N) is 1. The zero-order chi connectivity index (χ0) is 11.1. The van der Waals surface area contributed by atoms with Crippen LogP contribution in [0.5, 0.6) is 0 Å². The lowest BCUT2D eigenvalue weighted by molar-refractivity contribution is -0.125. The second-order valence-corrected chi connectivity index (χ2v) is 2.83. The van der Waals surface area contributed by atoms with Crippen LogP contribution in [0.1, 0.15) is 20.8 Å². The maximum absolute atomic E-state index is 11.5. The van der Waals surface area contributed by atoms with E-state index in [9.17, 15) is 9.59 Å². The van der Waals surface area contributed by atoms with Crippen molar-refractivity contribution in [3.8, 4) is 0 Å². The Kier molecular flexibility index (Phi) is 5.36. The molecule has 5 nitrogen and oxygen atoms in total. The van der Waals surface area contributed by atoms with Crippen molar-refractivity contribution >= 4 is 11.9 Å². The number of rotatable bonds is 4. The third kappa shape index (κ3) is 4.49. The minimum Gasteiger partial charge on any atom is -0.351 e. The summed E-state index contributed by atoms with van der Waals surface area (Å²) in [4.78, 5) is 23.5. The van der Waals surface area contributed by atoms with Gasteiger partial charge in [-0.25, -0.2) is 4.79 Å². The molecule has 0 aliphatic carbocycles. The van der Waals surface area contributed by atoms with Gasteiger partial charge in [0.05, 0.1) is 0 Å². The van der Waals surface area contributed by atoms with Gasteiger partial charge >= 0.3 is 6.03 Å². The Balaban J connectivity index is 4.33. The SMILES string of the molecule is CCN(CC)C(=O)/C=C(/C)NC(N)=O. The quantitative estimate of drug-likeness (QED) is 0.644. The van der Waals surface area contributed by atoms with Gasteiger partial charge in [0.2, 0.25) is 5.91 Å². The van der Waals surface area contributed by atoms with E-state index >= 15 is 0 Å². The first-order valence-electron chi connectivity index (χ1n) is 4.54. The Morgan fingerprint density at radius 3 is 2.21 bits per heavy atom. The summed E-state index contributed by atoms with van der Waals surface area (Å²) < 4.78 is 0. The monoisotopic (exact) mass is 199 g/mol. The molecule has 0 aliphatic rings. The van der Waals surface area contributed by atoms with Crippen LogP contribution in [0.4, 0.5) is 4.79 Å². The highest BCUT2D eigenvalue weighted by Gasteiger charge is 2.06. The molecule has 0 bridgehead atoms. The fourth-order valence-electron chi connectivity index (χ4n) is 1.04. The molecule has 0 saturated carbocycles. The van der Waals surface area contributed by atoms with E-state index in [1.165, 1.54) is 6.08 Å². The summed E-state index contributed by atoms with van der Waals surface area (Å²) in [6.07, 6.45) is 1.36. The predicted octanol–water partition coefficient (Wildman–Crippen LogP) is 0.427. The predicted molar refractivity (Wildman–Crippen MR) is 54.4 cm³/mol. The van der Waals surface area contributed by atoms with Crippen LogP contribution < -0.4 is 11.1 Å². The maximum atomic E-state index is 11.5. The van der Waals surface area contributed by atoms with Crippen LogP contribution in [0.2, 0.25) is 0 Å². The summed E-state index contributed by atoms with van der Waals surface area (Å²) >= 11 is 0. The van der Waals surface area contributed by atoms with E-state index in [4.69, 9.17) is 5.73 Å². The van der Waals surface area contributed by atoms with Crippen LogP contribution in [0, 0.1) is 0 Å². The van der Waals surface area contributed by atoms with Crippen molar-refractivity contribution in [1.29, 1.82) is 0 Å². The number of nitrogens with one attached hydrogen (secondary N) is 1. The van der Waals surface area contributed by atoms with E-state index in [0.717, 1.165) is 0 Å². The van der Waals surface area contributed by atoms with Gasteiger partial charge in [0.15, 0.2) is 0 Å². The lowest BCUT2D eigenvalue weighted by Crippen LogP contribution is -2.32. The molecule has 0 rings (SSSR count). The highest BCUT2D eigenvalue weighted by atomic mass is 16.2. The fraction of sp³-hybridized carbons (Fsp3) is 0.556. The minimum atomic E-state index is -0.661. The van der Waals surface area contributed by atoms with Crippen molar-refractivity contribution in [2.24, 2.45) is 5.73 Å². The zero-order valence-corrected chi connectivity index (χ0v) is 8.83. The maximum Gasteiger partial charge on any atom is 0.316 e. The summed E-state index contributed by atoms with van der Waals surface area (Å²) in [7, 11) is 0. The second-order valence-electron chi connectivity index (χ2n) is 2.83. The number of nitrogens with zero attached hydrogens (tertiary/aromatic N) is 1. The Morgan fingerprint density at radius 1 is 1.36 bits per heavy atom. The standard InChI is InChI=1S/C9H17N3O2/c1-4-12(5-2)8(13)6-7(3)11-9(10)14/h6H,4-5H2,1-3H3,(H3,10,11,14)/b7-6-. The van der Waals surface area contributed by atoms with Crippen molar-refractivity contribution < 1.29 is 9.59 Å². The zero-order valence-electron chi connectivity index (χ0n) is 8.83. The normalized spacial score (nSPS) is 10.9. The van der Waals surface area contributed by atoms with Crippen LogP contribution in [0.15, 0.2) is 11.8 Å². The van der Waals surface area contributed by atoms with E-state index in [1.807, 2.05) is 13.8 Å². The van der Waals surface area contributed by atoms with Gasteiger partial charge in [-0.2, -0.15) is 0 Å². The molecule has 0 radical (unpaired) electrons. The first-order chi connectivity index (χ1) is 6.51. The molecule has 3 amide bonds. The third-order valence-electron chi connectivity index (χ3n) is 1.74. The molecule has 14 heavy (non-hydrogen) atoms. The Labute approximate surface area is 83.9 Å². The van der Waals surface area contributed by atoms with Gasteiger partial charge in [-0.15, -0.1) is 0 Å². The highest BCUT2D eigenvalue weighted by molar-refractivity contribution is 5.89. The molecule has 80 valence electrons. The van der Waals surface area contributed by atoms with Crippen molar-refractivity contribution in [2.75, 3.05) is 13.1 Å². The van der Waals surface area contributed by atoms with E-state index in [0.29, 0.717) is 18.8 Å². The molecule has 0 spiro atoms. The average Bonchev–Trinajstić information content (AvgIpc) is 2.04. The number of likely N-dealkylation sites (N-methyl/N-ethyl adjacent to an activating group) is 1. The molecule has 0 aromatic rings. The summed E-state index contributed by atoms with van der Waals surface area (Å²) in [5.74, 6) is -0.124. The van der Waals surface area contributed by atoms with Crippen LogP contribution >= 0.6 is 0 Å². The van der Waals surface area contributed by atoms with Crippen LogP contribution in [0.25, 0.3) is 0 Å². The van der Waals surface area contributed by atoms with Crippen molar-refractivity contribution in [3.63, 3.8) is 0 Å². The van der Waals surface area contributed by atoms with Crippen LogP contribution in [-0.2, 0) is 4.79 Å². The van der Waals surface area contributed by atoms with E-state index in [-0.39, 0.29) is 5.91 Å². The van der Waals surface area contributed by atoms with E-state index in [1.54, 1.807) is 11.8 Å². The molecule has 0 unspecified atom stereocenters. The Bertz CT molecular complexity index is 244. The third-order valence-corrected chi connectivity index (χ3v) is 1.74. The molecule has 0 heterocycles. The summed E-state index contributed by atoms with van der Waals surface area (Å²) in [6, 6.07) is -0.661. The number of carbonyl (C=O) groups is 2. The topological polar surface area (TPSA) is 75.4 Å². The summed E-state index contributed by atoms with van der Waals surface area (Å²) in [5.41, 5.74) is 5.35. The summed E-state index contributed by atoms with van der Waals surface area (Å²) in [6.45, 7) is 6.70. The number of allylic oxidation sites excluding steroid dienone is 1. The minimum absolute atomic E-state index is 0.124. The lowest BCUT2D eigenvalue weighted by Gasteiger charge is -2.16. The second kappa shape index (κ2) is 6.01. The average molecular weight is 199 g/mol. The first-order valence-corrected chi connectivity index (χ1v) is 4.54. The Hall–Kier alpha value is -1.52. The molecule has 3 N–H and O–H groups in total. The molecular formula is C9H17N3O2. The number of carbonyl (C=O) groups excluding carboxylic acids is 2. The number of hydrogen-bond acceptors (Lipinski definition) is 2. The molecule has 0 fully saturated rings. The first kappa shape index (κ1) is 12.5. The van der Waals surface area contributed by atoms with Gasteiger partial charge in [0.25, 0.3) is 0 Å².